The van der Waals surface area contributed by atoms with Crippen LogP contribution < -0.4 is 0 Å². The lowest BCUT2D eigenvalue weighted by molar-refractivity contribution is 0.669. The Labute approximate surface area is 223 Å². The van der Waals surface area contributed by atoms with E-state index in [-0.39, 0.29) is 0 Å². The van der Waals surface area contributed by atoms with Crippen molar-refractivity contribution in [2.75, 3.05) is 0 Å². The van der Waals surface area contributed by atoms with E-state index in [0.717, 1.165) is 33.4 Å². The van der Waals surface area contributed by atoms with Crippen LogP contribution in [0.5, 0.6) is 0 Å². The molecule has 0 unspecified atom stereocenters. The molecular formula is C36H22N2O. The first-order chi connectivity index (χ1) is 19.2. The summed E-state index contributed by atoms with van der Waals surface area (Å²) in [4.78, 5) is 4.73. The molecule has 3 heteroatoms. The minimum Gasteiger partial charge on any atom is -0.456 e. The maximum atomic E-state index is 6.56. The first kappa shape index (κ1) is 20.9. The summed E-state index contributed by atoms with van der Waals surface area (Å²) in [5.74, 6) is 0. The molecule has 39 heavy (non-hydrogen) atoms. The number of furan rings is 1. The van der Waals surface area contributed by atoms with E-state index in [4.69, 9.17) is 9.40 Å². The summed E-state index contributed by atoms with van der Waals surface area (Å²) in [5.41, 5.74) is 11.2. The van der Waals surface area contributed by atoms with Crippen molar-refractivity contribution in [2.24, 2.45) is 0 Å². The zero-order valence-corrected chi connectivity index (χ0v) is 21.3. The molecule has 0 atom stereocenters. The maximum absolute atomic E-state index is 6.56. The lowest BCUT2D eigenvalue weighted by Gasteiger charge is -2.04. The van der Waals surface area contributed by atoms with Gasteiger partial charge in [0.2, 0.25) is 0 Å². The van der Waals surface area contributed by atoms with Crippen LogP contribution >= 0.6 is 0 Å². The van der Waals surface area contributed by atoms with Crippen LogP contribution in [-0.2, 0) is 0 Å². The van der Waals surface area contributed by atoms with Crippen LogP contribution in [0.1, 0.15) is 5.56 Å². The number of hydrogen-bond donors (Lipinski definition) is 0. The zero-order chi connectivity index (χ0) is 25.7. The molecule has 0 saturated heterocycles. The third-order valence-electron chi connectivity index (χ3n) is 8.21. The predicted octanol–water partition coefficient (Wildman–Crippen LogP) is 9.77. The van der Waals surface area contributed by atoms with Crippen molar-refractivity contribution in [2.45, 2.75) is 6.92 Å². The Morgan fingerprint density at radius 3 is 2.23 bits per heavy atom. The van der Waals surface area contributed by atoms with Crippen molar-refractivity contribution in [3.63, 3.8) is 0 Å². The Hall–Kier alpha value is -5.15. The second-order valence-corrected chi connectivity index (χ2v) is 10.5. The molecular weight excluding hydrogens is 476 g/mol. The molecule has 0 aliphatic carbocycles. The summed E-state index contributed by atoms with van der Waals surface area (Å²) in [6.45, 7) is 2.07. The Morgan fingerprint density at radius 1 is 0.564 bits per heavy atom. The average molecular weight is 499 g/mol. The third-order valence-corrected chi connectivity index (χ3v) is 8.21. The SMILES string of the molecule is Cc1ccc(-c2ccc3c(c2)c2c4c(cc5c6ccccc6n3c52)oc2ccc(-c3ccccc3)cc24)nc1. The molecule has 9 aromatic rings. The van der Waals surface area contributed by atoms with Crippen molar-refractivity contribution in [1.29, 1.82) is 0 Å². The summed E-state index contributed by atoms with van der Waals surface area (Å²) >= 11 is 0. The number of benzene rings is 5. The van der Waals surface area contributed by atoms with E-state index in [1.807, 2.05) is 6.20 Å². The van der Waals surface area contributed by atoms with E-state index < -0.39 is 0 Å². The summed E-state index contributed by atoms with van der Waals surface area (Å²) in [7, 11) is 0. The van der Waals surface area contributed by atoms with E-state index in [0.29, 0.717) is 0 Å². The molecule has 182 valence electrons. The van der Waals surface area contributed by atoms with E-state index in [2.05, 4.69) is 121 Å². The first-order valence-electron chi connectivity index (χ1n) is 13.3. The molecule has 0 spiro atoms. The largest absolute Gasteiger partial charge is 0.456 e. The second kappa shape index (κ2) is 7.46. The van der Waals surface area contributed by atoms with Crippen molar-refractivity contribution in [1.82, 2.24) is 9.38 Å². The van der Waals surface area contributed by atoms with Crippen molar-refractivity contribution in [3.05, 3.63) is 121 Å². The van der Waals surface area contributed by atoms with Crippen molar-refractivity contribution >= 4 is 60.0 Å². The fourth-order valence-electron chi connectivity index (χ4n) is 6.43. The van der Waals surface area contributed by atoms with Gasteiger partial charge in [0.05, 0.1) is 22.2 Å². The van der Waals surface area contributed by atoms with Gasteiger partial charge in [-0.3, -0.25) is 4.98 Å². The number of fused-ring (bicyclic) bond motifs is 10. The van der Waals surface area contributed by atoms with Crippen LogP contribution in [0.3, 0.4) is 0 Å². The monoisotopic (exact) mass is 498 g/mol. The highest BCUT2D eigenvalue weighted by atomic mass is 16.3. The van der Waals surface area contributed by atoms with Crippen LogP contribution in [0.15, 0.2) is 120 Å². The normalized spacial score (nSPS) is 12.2. The summed E-state index contributed by atoms with van der Waals surface area (Å²) in [6.07, 6.45) is 1.94. The highest BCUT2D eigenvalue weighted by Crippen LogP contribution is 2.46. The summed E-state index contributed by atoms with van der Waals surface area (Å²) in [6, 6.07) is 39.0. The number of rotatable bonds is 2. The molecule has 4 heterocycles. The molecule has 0 fully saturated rings. The number of aryl methyl sites for hydroxylation is 1. The van der Waals surface area contributed by atoms with Crippen LogP contribution in [0, 0.1) is 6.92 Å². The minimum absolute atomic E-state index is 0.911. The first-order valence-corrected chi connectivity index (χ1v) is 13.3. The van der Waals surface area contributed by atoms with Gasteiger partial charge in [-0.1, -0.05) is 66.7 Å². The van der Waals surface area contributed by atoms with Crippen molar-refractivity contribution in [3.8, 4) is 22.4 Å². The predicted molar refractivity (Wildman–Crippen MR) is 162 cm³/mol. The smallest absolute Gasteiger partial charge is 0.136 e. The van der Waals surface area contributed by atoms with Gasteiger partial charge in [0.25, 0.3) is 0 Å². The van der Waals surface area contributed by atoms with Gasteiger partial charge in [-0.05, 0) is 66.1 Å². The van der Waals surface area contributed by atoms with E-state index in [9.17, 15) is 0 Å². The number of hydrogen-bond acceptors (Lipinski definition) is 2. The van der Waals surface area contributed by atoms with Crippen LogP contribution in [0.25, 0.3) is 82.4 Å². The van der Waals surface area contributed by atoms with Gasteiger partial charge in [-0.15, -0.1) is 0 Å². The van der Waals surface area contributed by atoms with Gasteiger partial charge < -0.3 is 8.82 Å². The van der Waals surface area contributed by atoms with Gasteiger partial charge >= 0.3 is 0 Å². The number of para-hydroxylation sites is 1. The van der Waals surface area contributed by atoms with Gasteiger partial charge in [-0.25, -0.2) is 0 Å². The summed E-state index contributed by atoms with van der Waals surface area (Å²) in [5, 5.41) is 7.25. The second-order valence-electron chi connectivity index (χ2n) is 10.5. The Balaban J connectivity index is 1.48. The lowest BCUT2D eigenvalue weighted by Crippen LogP contribution is -1.85. The van der Waals surface area contributed by atoms with Crippen molar-refractivity contribution < 1.29 is 4.42 Å². The Morgan fingerprint density at radius 2 is 1.36 bits per heavy atom. The number of aromatic nitrogens is 2. The molecule has 3 nitrogen and oxygen atoms in total. The molecule has 0 bridgehead atoms. The van der Waals surface area contributed by atoms with Gasteiger partial charge in [0.15, 0.2) is 0 Å². The minimum atomic E-state index is 0.911. The van der Waals surface area contributed by atoms with Crippen LogP contribution in [0.2, 0.25) is 0 Å². The number of pyridine rings is 1. The third kappa shape index (κ3) is 2.79. The average Bonchev–Trinajstić information content (AvgIpc) is 3.63. The number of nitrogens with zero attached hydrogens (tertiary/aromatic N) is 2. The van der Waals surface area contributed by atoms with E-state index in [1.54, 1.807) is 0 Å². The Bertz CT molecular complexity index is 2370. The molecule has 0 aliphatic heterocycles. The molecule has 4 aromatic heterocycles. The van der Waals surface area contributed by atoms with Crippen LogP contribution in [-0.4, -0.2) is 9.38 Å². The van der Waals surface area contributed by atoms with Crippen LogP contribution in [0.4, 0.5) is 0 Å². The maximum Gasteiger partial charge on any atom is 0.136 e. The zero-order valence-electron chi connectivity index (χ0n) is 21.3. The lowest BCUT2D eigenvalue weighted by atomic mass is 9.98. The molecule has 0 N–H and O–H groups in total. The van der Waals surface area contributed by atoms with Gasteiger partial charge in [-0.2, -0.15) is 0 Å². The molecule has 5 aromatic carbocycles. The Kier molecular flexibility index (Phi) is 3.99. The molecule has 0 saturated carbocycles. The van der Waals surface area contributed by atoms with E-state index in [1.165, 1.54) is 54.6 Å². The highest BCUT2D eigenvalue weighted by molar-refractivity contribution is 6.35. The molecule has 9 rings (SSSR count). The fraction of sp³-hybridized carbons (Fsp3) is 0.0278. The fourth-order valence-corrected chi connectivity index (χ4v) is 6.43. The van der Waals surface area contributed by atoms with Gasteiger partial charge in [0.1, 0.15) is 11.2 Å². The molecule has 0 amide bonds. The summed E-state index contributed by atoms with van der Waals surface area (Å²) < 4.78 is 8.99. The molecule has 0 aliphatic rings. The standard InChI is InChI=1S/C36H22N2O/c1-21-11-14-29(37-20-21)24-12-15-31-27(18-24)35-34-28-17-23(22-7-3-2-4-8-22)13-16-32(28)39-33(34)19-26-25-9-5-6-10-30(25)38(31)36(26)35/h2-20H,1H3. The molecule has 0 radical (unpaired) electrons. The van der Waals surface area contributed by atoms with E-state index >= 15 is 0 Å². The highest BCUT2D eigenvalue weighted by Gasteiger charge is 2.23. The van der Waals surface area contributed by atoms with Gasteiger partial charge in [0, 0.05) is 44.1 Å². The topological polar surface area (TPSA) is 30.4 Å². The quantitative estimate of drug-likeness (QED) is 0.237.